The third-order valence-corrected chi connectivity index (χ3v) is 6.47. The van der Waals surface area contributed by atoms with Crippen LogP contribution in [0, 0.1) is 11.6 Å². The van der Waals surface area contributed by atoms with Gasteiger partial charge in [0, 0.05) is 24.7 Å². The topological polar surface area (TPSA) is 82.1 Å². The van der Waals surface area contributed by atoms with Gasteiger partial charge in [0.05, 0.1) is 23.9 Å². The largest absolute Gasteiger partial charge is 0.497 e. The maximum Gasteiger partial charge on any atom is 0.228 e. The highest BCUT2D eigenvalue weighted by atomic mass is 19.1. The van der Waals surface area contributed by atoms with E-state index in [1.54, 1.807) is 24.3 Å². The van der Waals surface area contributed by atoms with Crippen LogP contribution in [0.25, 0.3) is 28.0 Å². The zero-order valence-electron chi connectivity index (χ0n) is 19.4. The molecule has 9 heteroatoms. The number of aromatic nitrogens is 4. The molecule has 0 spiro atoms. The van der Waals surface area contributed by atoms with Gasteiger partial charge in [-0.3, -0.25) is 0 Å². The molecule has 1 aliphatic rings. The first-order valence-electron chi connectivity index (χ1n) is 11.5. The quantitative estimate of drug-likeness (QED) is 0.390. The van der Waals surface area contributed by atoms with Crippen LogP contribution in [0.4, 0.5) is 20.5 Å². The van der Waals surface area contributed by atoms with Crippen LogP contribution in [0.15, 0.2) is 66.7 Å². The Hall–Kier alpha value is -4.53. The van der Waals surface area contributed by atoms with E-state index in [9.17, 15) is 4.39 Å². The number of hydrogen-bond acceptors (Lipinski definition) is 6. The fourth-order valence-corrected chi connectivity index (χ4v) is 4.60. The first kappa shape index (κ1) is 22.0. The molecule has 0 atom stereocenters. The van der Waals surface area contributed by atoms with Crippen molar-refractivity contribution in [2.75, 3.05) is 24.3 Å². The minimum absolute atomic E-state index is 0.234. The molecule has 6 rings (SSSR count). The van der Waals surface area contributed by atoms with Crippen molar-refractivity contribution >= 4 is 22.8 Å². The average Bonchev–Trinajstić information content (AvgIpc) is 3.24. The first-order chi connectivity index (χ1) is 17.5. The van der Waals surface area contributed by atoms with E-state index in [1.807, 2.05) is 12.1 Å². The summed E-state index contributed by atoms with van der Waals surface area (Å²) in [6, 6.07) is 18.6. The molecule has 1 aliphatic heterocycles. The molecule has 0 aliphatic carbocycles. The van der Waals surface area contributed by atoms with Gasteiger partial charge in [-0.25, -0.2) is 18.4 Å². The predicted molar refractivity (Wildman–Crippen MR) is 134 cm³/mol. The molecule has 5 aromatic rings. The lowest BCUT2D eigenvalue weighted by Crippen LogP contribution is -2.31. The van der Waals surface area contributed by atoms with E-state index >= 15 is 4.39 Å². The standard InChI is InChI=1S/C27H22F2N6O/c1-36-20-10-11-21(22(29)14-20)24-23-25(30)35(19-8-6-18(28)7-9-19)33-26(23)32-27(31-24)34-13-12-16-4-2-3-5-17(16)15-34/h2-11,14H,12-13,15,30H2,1H3. The molecule has 0 saturated heterocycles. The molecule has 0 saturated carbocycles. The van der Waals surface area contributed by atoms with Crippen molar-refractivity contribution in [3.8, 4) is 22.7 Å². The number of fused-ring (bicyclic) bond motifs is 2. The van der Waals surface area contributed by atoms with Crippen molar-refractivity contribution in [1.29, 1.82) is 0 Å². The molecule has 2 aromatic heterocycles. The van der Waals surface area contributed by atoms with Crippen molar-refractivity contribution in [1.82, 2.24) is 19.7 Å². The minimum atomic E-state index is -0.502. The Morgan fingerprint density at radius 1 is 0.944 bits per heavy atom. The Bertz CT molecular complexity index is 1600. The number of benzene rings is 3. The van der Waals surface area contributed by atoms with Crippen LogP contribution < -0.4 is 15.4 Å². The summed E-state index contributed by atoms with van der Waals surface area (Å²) in [5, 5.41) is 5.03. The second kappa shape index (κ2) is 8.60. The fraction of sp³-hybridized carbons (Fsp3) is 0.148. The van der Waals surface area contributed by atoms with Crippen LogP contribution in [0.1, 0.15) is 11.1 Å². The second-order valence-electron chi connectivity index (χ2n) is 8.63. The van der Waals surface area contributed by atoms with Crippen molar-refractivity contribution in [2.24, 2.45) is 0 Å². The third kappa shape index (κ3) is 3.69. The fourth-order valence-electron chi connectivity index (χ4n) is 4.60. The summed E-state index contributed by atoms with van der Waals surface area (Å²) in [7, 11) is 1.48. The van der Waals surface area contributed by atoms with Gasteiger partial charge in [0.2, 0.25) is 5.95 Å². The Labute approximate surface area is 205 Å². The Balaban J connectivity index is 1.55. The number of hydrogen-bond donors (Lipinski definition) is 1. The van der Waals surface area contributed by atoms with E-state index in [1.165, 1.54) is 41.1 Å². The van der Waals surface area contributed by atoms with Crippen LogP contribution in [0.2, 0.25) is 0 Å². The molecule has 0 radical (unpaired) electrons. The highest BCUT2D eigenvalue weighted by Gasteiger charge is 2.25. The number of nitrogens with zero attached hydrogens (tertiary/aromatic N) is 5. The smallest absolute Gasteiger partial charge is 0.228 e. The van der Waals surface area contributed by atoms with Gasteiger partial charge in [-0.15, -0.1) is 5.10 Å². The molecule has 0 bridgehead atoms. The lowest BCUT2D eigenvalue weighted by atomic mass is 10.0. The van der Waals surface area contributed by atoms with Gasteiger partial charge in [-0.05, 0) is 53.9 Å². The molecule has 0 fully saturated rings. The van der Waals surface area contributed by atoms with E-state index in [0.29, 0.717) is 47.2 Å². The Morgan fingerprint density at radius 2 is 1.72 bits per heavy atom. The van der Waals surface area contributed by atoms with Gasteiger partial charge in [0.1, 0.15) is 23.2 Å². The number of nitrogen functional groups attached to an aromatic ring is 1. The van der Waals surface area contributed by atoms with Crippen molar-refractivity contribution < 1.29 is 13.5 Å². The molecule has 3 aromatic carbocycles. The molecule has 36 heavy (non-hydrogen) atoms. The highest BCUT2D eigenvalue weighted by molar-refractivity contribution is 5.99. The van der Waals surface area contributed by atoms with Gasteiger partial charge in [-0.1, -0.05) is 24.3 Å². The molecule has 3 heterocycles. The summed E-state index contributed by atoms with van der Waals surface area (Å²) in [5.74, 6) is 0.188. The van der Waals surface area contributed by atoms with E-state index in [4.69, 9.17) is 20.4 Å². The van der Waals surface area contributed by atoms with E-state index in [-0.39, 0.29) is 17.2 Å². The molecule has 0 unspecified atom stereocenters. The Morgan fingerprint density at radius 3 is 2.47 bits per heavy atom. The Kier molecular flexibility index (Phi) is 5.25. The molecule has 7 nitrogen and oxygen atoms in total. The summed E-state index contributed by atoms with van der Waals surface area (Å²) >= 11 is 0. The normalized spacial score (nSPS) is 13.1. The zero-order valence-corrected chi connectivity index (χ0v) is 19.4. The minimum Gasteiger partial charge on any atom is -0.497 e. The summed E-state index contributed by atoms with van der Waals surface area (Å²) < 4.78 is 35.4. The number of anilines is 2. The van der Waals surface area contributed by atoms with Crippen LogP contribution in [-0.4, -0.2) is 33.4 Å². The molecule has 180 valence electrons. The van der Waals surface area contributed by atoms with Gasteiger partial charge in [0.25, 0.3) is 0 Å². The molecular formula is C27H22F2N6O. The summed E-state index contributed by atoms with van der Waals surface area (Å²) in [6.45, 7) is 1.33. The van der Waals surface area contributed by atoms with Crippen molar-refractivity contribution in [3.63, 3.8) is 0 Å². The van der Waals surface area contributed by atoms with E-state index < -0.39 is 5.82 Å². The summed E-state index contributed by atoms with van der Waals surface area (Å²) in [4.78, 5) is 11.6. The molecular weight excluding hydrogens is 462 g/mol. The monoisotopic (exact) mass is 484 g/mol. The SMILES string of the molecule is COc1ccc(-c2nc(N3CCc4ccccc4C3)nc3nn(-c4ccc(F)cc4)c(N)c23)c(F)c1. The first-order valence-corrected chi connectivity index (χ1v) is 11.5. The lowest BCUT2D eigenvalue weighted by molar-refractivity contribution is 0.411. The van der Waals surface area contributed by atoms with Crippen LogP contribution >= 0.6 is 0 Å². The number of ether oxygens (including phenoxy) is 1. The van der Waals surface area contributed by atoms with Crippen molar-refractivity contribution in [3.05, 3.63) is 89.5 Å². The number of methoxy groups -OCH3 is 1. The summed E-state index contributed by atoms with van der Waals surface area (Å²) in [5.41, 5.74) is 10.5. The maximum absolute atomic E-state index is 15.3. The van der Waals surface area contributed by atoms with Crippen molar-refractivity contribution in [2.45, 2.75) is 13.0 Å². The predicted octanol–water partition coefficient (Wildman–Crippen LogP) is 4.91. The number of halogens is 2. The van der Waals surface area contributed by atoms with Gasteiger partial charge >= 0.3 is 0 Å². The van der Waals surface area contributed by atoms with Crippen LogP contribution in [0.3, 0.4) is 0 Å². The van der Waals surface area contributed by atoms with E-state index in [0.717, 1.165) is 6.42 Å². The van der Waals surface area contributed by atoms with E-state index in [2.05, 4.69) is 22.1 Å². The van der Waals surface area contributed by atoms with Gasteiger partial charge < -0.3 is 15.4 Å². The van der Waals surface area contributed by atoms with Gasteiger partial charge in [0.15, 0.2) is 5.65 Å². The average molecular weight is 485 g/mol. The number of nitrogens with two attached hydrogens (primary N) is 1. The number of rotatable bonds is 4. The molecule has 2 N–H and O–H groups in total. The molecule has 0 amide bonds. The van der Waals surface area contributed by atoms with Crippen LogP contribution in [-0.2, 0) is 13.0 Å². The second-order valence-corrected chi connectivity index (χ2v) is 8.63. The van der Waals surface area contributed by atoms with Crippen LogP contribution in [0.5, 0.6) is 5.75 Å². The summed E-state index contributed by atoms with van der Waals surface area (Å²) in [6.07, 6.45) is 0.843. The maximum atomic E-state index is 15.3. The highest BCUT2D eigenvalue weighted by Crippen LogP contribution is 2.36. The zero-order chi connectivity index (χ0) is 24.8. The van der Waals surface area contributed by atoms with Gasteiger partial charge in [-0.2, -0.15) is 4.98 Å². The lowest BCUT2D eigenvalue weighted by Gasteiger charge is -2.29. The third-order valence-electron chi connectivity index (χ3n) is 6.47.